The summed E-state index contributed by atoms with van der Waals surface area (Å²) in [4.78, 5) is 6.44. The minimum Gasteiger partial charge on any atom is -0.513 e. The molecule has 0 saturated heterocycles. The normalized spacial score (nSPS) is 26.1. The number of aliphatic imine (C=N–C) groups is 1. The van der Waals surface area contributed by atoms with E-state index in [0.717, 1.165) is 69.5 Å². The van der Waals surface area contributed by atoms with Gasteiger partial charge in [-0.1, -0.05) is 18.2 Å². The van der Waals surface area contributed by atoms with Crippen molar-refractivity contribution in [2.24, 2.45) is 16.0 Å². The number of nitrogens with one attached hydrogen (secondary N) is 1. The molecule has 3 atom stereocenters. The molecule has 0 saturated carbocycles. The maximum absolute atomic E-state index is 9.58. The minimum atomic E-state index is 0.189. The van der Waals surface area contributed by atoms with Crippen LogP contribution in [0, 0.1) is 5.92 Å². The quantitative estimate of drug-likeness (QED) is 0.258. The van der Waals surface area contributed by atoms with Gasteiger partial charge in [-0.25, -0.2) is 4.99 Å². The zero-order valence-electron chi connectivity index (χ0n) is 19.1. The molecule has 170 valence electrons. The van der Waals surface area contributed by atoms with Gasteiger partial charge in [-0.15, -0.1) is 11.8 Å². The van der Waals surface area contributed by atoms with Crippen LogP contribution in [-0.4, -0.2) is 35.1 Å². The predicted octanol–water partition coefficient (Wildman–Crippen LogP) is 6.42. The molecule has 5 nitrogen and oxygen atoms in total. The van der Waals surface area contributed by atoms with E-state index >= 15 is 0 Å². The molecule has 3 unspecified atom stereocenters. The smallest absolute Gasteiger partial charge is 0.135 e. The summed E-state index contributed by atoms with van der Waals surface area (Å²) in [5, 5.41) is 14.3. The fraction of sp³-hybridized carbons (Fsp3) is 0.600. The van der Waals surface area contributed by atoms with Gasteiger partial charge in [0.15, 0.2) is 0 Å². The summed E-state index contributed by atoms with van der Waals surface area (Å²) in [5.41, 5.74) is 5.75. The third-order valence-electron chi connectivity index (χ3n) is 5.95. The maximum atomic E-state index is 9.58. The van der Waals surface area contributed by atoms with Crippen LogP contribution < -0.4 is 5.43 Å². The molecular formula is C25H37N3O2S. The molecule has 2 N–H and O–H groups in total. The lowest BCUT2D eigenvalue weighted by Crippen LogP contribution is -2.29. The van der Waals surface area contributed by atoms with Gasteiger partial charge in [0.1, 0.15) is 5.84 Å². The van der Waals surface area contributed by atoms with Crippen molar-refractivity contribution < 1.29 is 9.84 Å². The molecule has 0 spiro atoms. The molecule has 0 aromatic carbocycles. The van der Waals surface area contributed by atoms with E-state index in [1.165, 1.54) is 10.5 Å². The molecule has 3 aliphatic rings. The lowest BCUT2D eigenvalue weighted by molar-refractivity contribution is 0.0559. The van der Waals surface area contributed by atoms with Gasteiger partial charge in [0, 0.05) is 24.9 Å². The molecule has 0 aliphatic heterocycles. The first-order valence-electron chi connectivity index (χ1n) is 11.6. The molecule has 0 aromatic rings. The Balaban J connectivity index is 1.69. The van der Waals surface area contributed by atoms with Crippen LogP contribution in [0.5, 0.6) is 0 Å². The van der Waals surface area contributed by atoms with Crippen molar-refractivity contribution in [3.8, 4) is 0 Å². The monoisotopic (exact) mass is 443 g/mol. The van der Waals surface area contributed by atoms with Gasteiger partial charge < -0.3 is 9.84 Å². The Morgan fingerprint density at radius 3 is 2.84 bits per heavy atom. The molecule has 0 bridgehead atoms. The second-order valence-electron chi connectivity index (χ2n) is 8.47. The topological polar surface area (TPSA) is 66.2 Å². The number of aliphatic hydroxyl groups is 1. The Hall–Kier alpha value is -1.79. The first kappa shape index (κ1) is 23.9. The Morgan fingerprint density at radius 1 is 1.29 bits per heavy atom. The van der Waals surface area contributed by atoms with Gasteiger partial charge in [-0.05, 0) is 88.2 Å². The van der Waals surface area contributed by atoms with Crippen LogP contribution in [0.4, 0.5) is 0 Å². The maximum Gasteiger partial charge on any atom is 0.135 e. The summed E-state index contributed by atoms with van der Waals surface area (Å²) >= 11 is 1.89. The number of rotatable bonds is 8. The largest absolute Gasteiger partial charge is 0.513 e. The molecule has 3 rings (SSSR count). The summed E-state index contributed by atoms with van der Waals surface area (Å²) in [7, 11) is 0. The van der Waals surface area contributed by atoms with Crippen LogP contribution in [-0.2, 0) is 4.74 Å². The van der Waals surface area contributed by atoms with Crippen molar-refractivity contribution in [1.29, 1.82) is 0 Å². The van der Waals surface area contributed by atoms with E-state index in [1.54, 1.807) is 0 Å². The van der Waals surface area contributed by atoms with Gasteiger partial charge >= 0.3 is 0 Å². The van der Waals surface area contributed by atoms with Crippen molar-refractivity contribution in [1.82, 2.24) is 5.43 Å². The van der Waals surface area contributed by atoms with Crippen molar-refractivity contribution in [3.63, 3.8) is 0 Å². The van der Waals surface area contributed by atoms with Crippen LogP contribution in [0.1, 0.15) is 72.1 Å². The van der Waals surface area contributed by atoms with E-state index in [-0.39, 0.29) is 5.25 Å². The molecule has 0 heterocycles. The SMILES string of the molecule is CCOC1CC=C(N=C(N/N=C/C2CC=C(O)CC2)C(C)SC2=C(C)C=CCC2)CC1. The van der Waals surface area contributed by atoms with Crippen LogP contribution in [0.15, 0.2) is 56.3 Å². The van der Waals surface area contributed by atoms with E-state index in [9.17, 15) is 5.11 Å². The summed E-state index contributed by atoms with van der Waals surface area (Å²) in [5.74, 6) is 1.78. The number of hydrazone groups is 1. The summed E-state index contributed by atoms with van der Waals surface area (Å²) in [6, 6.07) is 0. The van der Waals surface area contributed by atoms with E-state index in [2.05, 4.69) is 49.5 Å². The van der Waals surface area contributed by atoms with Gasteiger partial charge in [0.2, 0.25) is 0 Å². The van der Waals surface area contributed by atoms with Gasteiger partial charge in [0.25, 0.3) is 0 Å². The minimum absolute atomic E-state index is 0.189. The molecule has 0 fully saturated rings. The highest BCUT2D eigenvalue weighted by molar-refractivity contribution is 8.04. The van der Waals surface area contributed by atoms with Gasteiger partial charge in [-0.3, -0.25) is 5.43 Å². The summed E-state index contributed by atoms with van der Waals surface area (Å²) in [6.45, 7) is 7.22. The predicted molar refractivity (Wildman–Crippen MR) is 133 cm³/mol. The average molecular weight is 444 g/mol. The zero-order valence-corrected chi connectivity index (χ0v) is 20.0. The number of nitrogens with zero attached hydrogens (tertiary/aromatic N) is 2. The number of hydrogen-bond acceptors (Lipinski definition) is 5. The number of hydrogen-bond donors (Lipinski definition) is 2. The molecule has 0 radical (unpaired) electrons. The van der Waals surface area contributed by atoms with E-state index in [0.29, 0.717) is 17.8 Å². The van der Waals surface area contributed by atoms with Crippen LogP contribution in [0.2, 0.25) is 0 Å². The summed E-state index contributed by atoms with van der Waals surface area (Å²) < 4.78 is 5.76. The van der Waals surface area contributed by atoms with Gasteiger partial charge in [0.05, 0.1) is 17.1 Å². The Morgan fingerprint density at radius 2 is 2.16 bits per heavy atom. The molecule has 31 heavy (non-hydrogen) atoms. The van der Waals surface area contributed by atoms with Crippen molar-refractivity contribution in [2.75, 3.05) is 6.61 Å². The standard InChI is InChI=1S/C25H37N3O2S/c1-4-30-23-15-11-21(12-16-23)27-25(19(3)31-24-8-6-5-7-18(24)2)28-26-17-20-9-13-22(29)14-10-20/h5,7,11,13,17,19-20,23,29H,4,6,8-10,12,14-16H2,1-3H3,(H,27,28)/b26-17+. The average Bonchev–Trinajstić information content (AvgIpc) is 2.77. The molecule has 6 heteroatoms. The van der Waals surface area contributed by atoms with Crippen LogP contribution >= 0.6 is 11.8 Å². The Kier molecular flexibility index (Phi) is 9.47. The first-order chi connectivity index (χ1) is 15.0. The molecular weight excluding hydrogens is 406 g/mol. The molecule has 0 aromatic heterocycles. The summed E-state index contributed by atoms with van der Waals surface area (Å²) in [6.07, 6.45) is 18.5. The Bertz CT molecular complexity index is 795. The van der Waals surface area contributed by atoms with Crippen molar-refractivity contribution in [3.05, 3.63) is 46.2 Å². The number of aliphatic hydroxyl groups excluding tert-OH is 1. The fourth-order valence-corrected chi connectivity index (χ4v) is 5.15. The van der Waals surface area contributed by atoms with E-state index < -0.39 is 0 Å². The van der Waals surface area contributed by atoms with Crippen LogP contribution in [0.25, 0.3) is 0 Å². The van der Waals surface area contributed by atoms with Gasteiger partial charge in [-0.2, -0.15) is 5.10 Å². The van der Waals surface area contributed by atoms with Crippen LogP contribution in [0.3, 0.4) is 0 Å². The number of amidine groups is 1. The lowest BCUT2D eigenvalue weighted by atomic mass is 9.95. The first-order valence-corrected chi connectivity index (χ1v) is 12.5. The Labute approximate surface area is 191 Å². The third-order valence-corrected chi connectivity index (χ3v) is 7.33. The van der Waals surface area contributed by atoms with Crippen molar-refractivity contribution in [2.45, 2.75) is 83.5 Å². The van der Waals surface area contributed by atoms with Crippen molar-refractivity contribution >= 4 is 23.8 Å². The second-order valence-corrected chi connectivity index (χ2v) is 9.91. The number of thioether (sulfide) groups is 1. The second kappa shape index (κ2) is 12.3. The highest BCUT2D eigenvalue weighted by atomic mass is 32.2. The third kappa shape index (κ3) is 7.69. The lowest BCUT2D eigenvalue weighted by Gasteiger charge is -2.22. The molecule has 3 aliphatic carbocycles. The van der Waals surface area contributed by atoms with E-state index in [1.807, 2.05) is 24.1 Å². The zero-order chi connectivity index (χ0) is 22.1. The fourth-order valence-electron chi connectivity index (χ4n) is 4.02. The number of allylic oxidation sites excluding steroid dienone is 7. The highest BCUT2D eigenvalue weighted by Gasteiger charge is 2.19. The molecule has 0 amide bonds. The van der Waals surface area contributed by atoms with E-state index in [4.69, 9.17) is 9.73 Å². The highest BCUT2D eigenvalue weighted by Crippen LogP contribution is 2.33. The number of ether oxygens (including phenoxy) is 1.